The third kappa shape index (κ3) is 5.34. The van der Waals surface area contributed by atoms with Crippen LogP contribution >= 0.6 is 11.8 Å². The Hall–Kier alpha value is -2.94. The molecular weight excluding hydrogens is 463 g/mol. The maximum atomic E-state index is 15.0. The number of aromatic amines is 1. The first-order chi connectivity index (χ1) is 16.4. The zero-order valence-electron chi connectivity index (χ0n) is 19.1. The zero-order valence-corrected chi connectivity index (χ0v) is 19.9. The Balaban J connectivity index is 0.00000127. The number of anilines is 3. The lowest BCUT2D eigenvalue weighted by molar-refractivity contribution is -0.119. The lowest BCUT2D eigenvalue weighted by Gasteiger charge is -2.45. The smallest absolute Gasteiger partial charge is 0.196 e. The molecule has 2 aromatic heterocycles. The van der Waals surface area contributed by atoms with E-state index >= 15 is 0 Å². The van der Waals surface area contributed by atoms with Crippen LogP contribution in [0, 0.1) is 18.8 Å². The van der Waals surface area contributed by atoms with Gasteiger partial charge in [0.2, 0.25) is 0 Å². The van der Waals surface area contributed by atoms with E-state index in [0.29, 0.717) is 47.9 Å². The van der Waals surface area contributed by atoms with Crippen LogP contribution in [0.3, 0.4) is 0 Å². The molecule has 0 unspecified atom stereocenters. The summed E-state index contributed by atoms with van der Waals surface area (Å²) in [5, 5.41) is 11.0. The average Bonchev–Trinajstić information content (AvgIpc) is 3.71. The van der Waals surface area contributed by atoms with E-state index in [1.165, 1.54) is 11.8 Å². The van der Waals surface area contributed by atoms with Gasteiger partial charge in [-0.15, -0.1) is 0 Å². The molecule has 0 amide bonds. The largest absolute Gasteiger partial charge is 0.350 e. The molecule has 9 heteroatoms. The minimum atomic E-state index is -1.08. The van der Waals surface area contributed by atoms with E-state index in [2.05, 4.69) is 20.5 Å². The van der Waals surface area contributed by atoms with Gasteiger partial charge < -0.3 is 10.2 Å². The maximum Gasteiger partial charge on any atom is 0.196 e. The van der Waals surface area contributed by atoms with Gasteiger partial charge in [0.1, 0.15) is 23.1 Å². The maximum absolute atomic E-state index is 15.0. The molecule has 0 bridgehead atoms. The van der Waals surface area contributed by atoms with Gasteiger partial charge in [0.25, 0.3) is 0 Å². The molecule has 6 rings (SSSR count). The van der Waals surface area contributed by atoms with Crippen LogP contribution in [0.2, 0.25) is 0 Å². The quantitative estimate of drug-likeness (QED) is 0.350. The number of rotatable bonds is 9. The number of carbonyl (C=O) groups is 1. The summed E-state index contributed by atoms with van der Waals surface area (Å²) in [6, 6.07) is 11.8. The highest BCUT2D eigenvalue weighted by Gasteiger charge is 2.54. The van der Waals surface area contributed by atoms with Gasteiger partial charge in [-0.1, -0.05) is 19.6 Å². The SMILES string of the molecule is C.Cc1cc(Nc2cc(N3CC(F)(C4CC4)C3)nc(Sc3ccc(CC(=O)C4CC4)cc3)n2)n[nH]1.[HH].[HH]. The van der Waals surface area contributed by atoms with Crippen LogP contribution in [0.25, 0.3) is 0 Å². The van der Waals surface area contributed by atoms with Crippen molar-refractivity contribution in [3.8, 4) is 0 Å². The van der Waals surface area contributed by atoms with Crippen molar-refractivity contribution in [1.82, 2.24) is 20.2 Å². The number of aryl methyl sites for hydroxylation is 1. The van der Waals surface area contributed by atoms with Gasteiger partial charge in [-0.25, -0.2) is 14.4 Å². The molecule has 2 aliphatic carbocycles. The number of ketones is 1. The van der Waals surface area contributed by atoms with Gasteiger partial charge in [0.15, 0.2) is 11.0 Å². The molecule has 0 spiro atoms. The van der Waals surface area contributed by atoms with Gasteiger partial charge in [-0.3, -0.25) is 9.89 Å². The number of nitrogens with zero attached hydrogens (tertiary/aromatic N) is 4. The van der Waals surface area contributed by atoms with Crippen LogP contribution in [0.5, 0.6) is 0 Å². The van der Waals surface area contributed by atoms with Crippen LogP contribution in [0.1, 0.15) is 47.2 Å². The predicted molar refractivity (Wildman–Crippen MR) is 140 cm³/mol. The standard InChI is InChI=1S/C25H27FN6OS.CH4.2H2/c1-15-10-22(31-30-15)27-21-12-23(32-13-25(26,14-32)18-6-7-18)29-24(28-21)34-19-8-2-16(3-9-19)11-20(33)17-4-5-17;;;/h2-3,8-10,12,17-18H,4-7,11,13-14H2,1H3,(H2,27,28,29,30,31);1H4;2*1H. The molecule has 2 saturated carbocycles. The van der Waals surface area contributed by atoms with Crippen LogP contribution in [0.15, 0.2) is 46.5 Å². The minimum absolute atomic E-state index is 0. The van der Waals surface area contributed by atoms with Crippen molar-refractivity contribution in [3.05, 3.63) is 47.7 Å². The fourth-order valence-corrected chi connectivity index (χ4v) is 5.20. The van der Waals surface area contributed by atoms with Crippen molar-refractivity contribution in [3.63, 3.8) is 0 Å². The molecule has 2 N–H and O–H groups in total. The lowest BCUT2D eigenvalue weighted by Crippen LogP contribution is -2.60. The summed E-state index contributed by atoms with van der Waals surface area (Å²) in [5.41, 5.74) is 0.895. The number of hydrogen-bond acceptors (Lipinski definition) is 7. The van der Waals surface area contributed by atoms with E-state index in [9.17, 15) is 9.18 Å². The van der Waals surface area contributed by atoms with E-state index in [4.69, 9.17) is 4.98 Å². The molecule has 3 aromatic rings. The van der Waals surface area contributed by atoms with E-state index < -0.39 is 5.67 Å². The third-order valence-electron chi connectivity index (χ3n) is 6.74. The van der Waals surface area contributed by atoms with E-state index in [-0.39, 0.29) is 22.1 Å². The Labute approximate surface area is 212 Å². The Bertz CT molecular complexity index is 1230. The van der Waals surface area contributed by atoms with E-state index in [1.54, 1.807) is 0 Å². The number of nitrogens with one attached hydrogen (secondary N) is 2. The summed E-state index contributed by atoms with van der Waals surface area (Å²) in [5.74, 6) is 2.82. The first kappa shape index (κ1) is 23.8. The summed E-state index contributed by atoms with van der Waals surface area (Å²) in [4.78, 5) is 24.5. The second-order valence-electron chi connectivity index (χ2n) is 9.78. The summed E-state index contributed by atoms with van der Waals surface area (Å²) in [6.07, 6.45) is 4.55. The minimum Gasteiger partial charge on any atom is -0.350 e. The second-order valence-corrected chi connectivity index (χ2v) is 10.8. The molecule has 3 heterocycles. The normalized spacial score (nSPS) is 18.5. The fraction of sp³-hybridized carbons (Fsp3) is 0.462. The van der Waals surface area contributed by atoms with Crippen molar-refractivity contribution < 1.29 is 12.0 Å². The van der Waals surface area contributed by atoms with Crippen molar-refractivity contribution in [1.29, 1.82) is 0 Å². The van der Waals surface area contributed by atoms with Crippen molar-refractivity contribution in [2.75, 3.05) is 23.3 Å². The number of H-pyrrole nitrogens is 1. The number of hydrogen-bond donors (Lipinski definition) is 2. The molecule has 7 nitrogen and oxygen atoms in total. The van der Waals surface area contributed by atoms with Crippen molar-refractivity contribution >= 4 is 35.0 Å². The van der Waals surface area contributed by atoms with E-state index in [1.807, 2.05) is 48.2 Å². The Morgan fingerprint density at radius 1 is 1.17 bits per heavy atom. The fourth-order valence-electron chi connectivity index (χ4n) is 4.44. The topological polar surface area (TPSA) is 86.8 Å². The van der Waals surface area contributed by atoms with Crippen LogP contribution in [-0.2, 0) is 11.2 Å². The molecule has 1 aliphatic heterocycles. The molecule has 0 atom stereocenters. The predicted octanol–water partition coefficient (Wildman–Crippen LogP) is 5.99. The Kier molecular flexibility index (Phi) is 6.29. The van der Waals surface area contributed by atoms with Gasteiger partial charge in [-0.05, 0) is 68.0 Å². The monoisotopic (exact) mass is 498 g/mol. The summed E-state index contributed by atoms with van der Waals surface area (Å²) in [6.45, 7) is 2.69. The van der Waals surface area contributed by atoms with Gasteiger partial charge >= 0.3 is 0 Å². The van der Waals surface area contributed by atoms with Crippen molar-refractivity contribution in [2.24, 2.45) is 11.8 Å². The molecular formula is C26H35FN6OS. The summed E-state index contributed by atoms with van der Waals surface area (Å²) < 4.78 is 15.0. The number of Topliss-reactive ketones (excluding diaryl/α,β-unsaturated/α-hetero) is 1. The number of aromatic nitrogens is 4. The van der Waals surface area contributed by atoms with Gasteiger partial charge in [-0.2, -0.15) is 5.10 Å². The summed E-state index contributed by atoms with van der Waals surface area (Å²) >= 11 is 1.45. The molecule has 1 aromatic carbocycles. The highest BCUT2D eigenvalue weighted by molar-refractivity contribution is 7.99. The van der Waals surface area contributed by atoms with Crippen LogP contribution < -0.4 is 10.2 Å². The van der Waals surface area contributed by atoms with E-state index in [0.717, 1.165) is 41.8 Å². The lowest BCUT2D eigenvalue weighted by atomic mass is 9.91. The first-order valence-electron chi connectivity index (χ1n) is 11.8. The molecule has 188 valence electrons. The number of carbonyl (C=O) groups excluding carboxylic acids is 1. The van der Waals surface area contributed by atoms with Crippen molar-refractivity contribution in [2.45, 2.75) is 62.2 Å². The third-order valence-corrected chi connectivity index (χ3v) is 7.61. The molecule has 35 heavy (non-hydrogen) atoms. The zero-order chi connectivity index (χ0) is 23.3. The van der Waals surface area contributed by atoms with Gasteiger partial charge in [0.05, 0.1) is 13.1 Å². The molecule has 1 saturated heterocycles. The summed E-state index contributed by atoms with van der Waals surface area (Å²) in [7, 11) is 0. The molecule has 3 fully saturated rings. The molecule has 0 radical (unpaired) electrons. The van der Waals surface area contributed by atoms with Gasteiger partial charge in [0, 0.05) is 37.9 Å². The number of benzene rings is 1. The highest BCUT2D eigenvalue weighted by Crippen LogP contribution is 2.48. The second kappa shape index (κ2) is 9.26. The number of alkyl halides is 1. The Morgan fingerprint density at radius 2 is 1.91 bits per heavy atom. The average molecular weight is 499 g/mol. The van der Waals surface area contributed by atoms with Crippen LogP contribution in [-0.4, -0.2) is 44.7 Å². The Morgan fingerprint density at radius 3 is 2.54 bits per heavy atom. The first-order valence-corrected chi connectivity index (χ1v) is 12.7. The van der Waals surface area contributed by atoms with Crippen LogP contribution in [0.4, 0.5) is 21.8 Å². The highest BCUT2D eigenvalue weighted by atomic mass is 32.2. The number of halogens is 1. The molecule has 3 aliphatic rings.